The van der Waals surface area contributed by atoms with Crippen LogP contribution in [0.15, 0.2) is 36.7 Å². The molecule has 8 heteroatoms. The largest absolute Gasteiger partial charge is 0.362 e. The Balaban J connectivity index is 1.53. The molecule has 1 aliphatic rings. The van der Waals surface area contributed by atoms with Gasteiger partial charge in [0.05, 0.1) is 0 Å². The summed E-state index contributed by atoms with van der Waals surface area (Å²) in [6.07, 6.45) is 6.59. The van der Waals surface area contributed by atoms with Gasteiger partial charge in [0.2, 0.25) is 11.8 Å². The van der Waals surface area contributed by atoms with Crippen molar-refractivity contribution < 1.29 is 9.59 Å². The molecule has 0 spiro atoms. The fourth-order valence-electron chi connectivity index (χ4n) is 4.26. The molecule has 0 saturated heterocycles. The molecular weight excluding hydrogens is 404 g/mol. The van der Waals surface area contributed by atoms with Crippen molar-refractivity contribution in [1.82, 2.24) is 20.6 Å². The van der Waals surface area contributed by atoms with Crippen molar-refractivity contribution in [3.8, 4) is 0 Å². The average Bonchev–Trinajstić information content (AvgIpc) is 2.81. The molecule has 32 heavy (non-hydrogen) atoms. The van der Waals surface area contributed by atoms with Crippen LogP contribution in [-0.4, -0.2) is 50.0 Å². The highest BCUT2D eigenvalue weighted by atomic mass is 16.2. The van der Waals surface area contributed by atoms with Crippen molar-refractivity contribution in [2.75, 3.05) is 38.0 Å². The van der Waals surface area contributed by atoms with E-state index in [0.29, 0.717) is 19.5 Å². The first-order valence-corrected chi connectivity index (χ1v) is 11.1. The summed E-state index contributed by atoms with van der Waals surface area (Å²) in [6, 6.07) is 7.69. The van der Waals surface area contributed by atoms with Gasteiger partial charge in [-0.25, -0.2) is 9.97 Å². The standard InChI is InChI=1S/C24H34N6O2/c1-29(2)21-19(10-6-12-25-21)15-27-23(31)17-8-5-9-18(14-17)24(32)28-16-20-11-7-13-26-22(20)30(3)4/h6-7,10-13,17-18H,5,8-9,14-16H2,1-4H3,(H,27,31)(H,28,32). The second-order valence-electron chi connectivity index (χ2n) is 8.76. The summed E-state index contributed by atoms with van der Waals surface area (Å²) in [5.74, 6) is 1.43. The van der Waals surface area contributed by atoms with Gasteiger partial charge in [-0.05, 0) is 31.4 Å². The number of hydrogen-bond acceptors (Lipinski definition) is 6. The van der Waals surface area contributed by atoms with E-state index >= 15 is 0 Å². The van der Waals surface area contributed by atoms with Gasteiger partial charge in [0.15, 0.2) is 0 Å². The molecule has 0 aliphatic heterocycles. The second kappa shape index (κ2) is 10.9. The number of anilines is 2. The second-order valence-corrected chi connectivity index (χ2v) is 8.76. The van der Waals surface area contributed by atoms with Gasteiger partial charge < -0.3 is 20.4 Å². The fraction of sp³-hybridized carbons (Fsp3) is 0.500. The summed E-state index contributed by atoms with van der Waals surface area (Å²) in [5, 5.41) is 6.10. The summed E-state index contributed by atoms with van der Waals surface area (Å²) in [7, 11) is 7.74. The molecule has 3 rings (SSSR count). The highest BCUT2D eigenvalue weighted by molar-refractivity contribution is 5.82. The van der Waals surface area contributed by atoms with Crippen molar-refractivity contribution in [2.24, 2.45) is 11.8 Å². The molecule has 1 saturated carbocycles. The van der Waals surface area contributed by atoms with Gasteiger partial charge in [-0.3, -0.25) is 9.59 Å². The zero-order valence-corrected chi connectivity index (χ0v) is 19.5. The minimum atomic E-state index is -0.144. The van der Waals surface area contributed by atoms with Crippen LogP contribution in [0.4, 0.5) is 11.6 Å². The molecule has 2 aromatic rings. The Morgan fingerprint density at radius 2 is 1.28 bits per heavy atom. The third-order valence-electron chi connectivity index (χ3n) is 5.90. The summed E-state index contributed by atoms with van der Waals surface area (Å²) >= 11 is 0. The summed E-state index contributed by atoms with van der Waals surface area (Å²) < 4.78 is 0. The quantitative estimate of drug-likeness (QED) is 0.658. The molecule has 2 unspecified atom stereocenters. The van der Waals surface area contributed by atoms with Gasteiger partial charge >= 0.3 is 0 Å². The lowest BCUT2D eigenvalue weighted by atomic mass is 9.80. The van der Waals surface area contributed by atoms with Crippen LogP contribution in [0.3, 0.4) is 0 Å². The number of hydrogen-bond donors (Lipinski definition) is 2. The first-order chi connectivity index (χ1) is 15.4. The molecule has 0 bridgehead atoms. The Morgan fingerprint density at radius 1 is 0.844 bits per heavy atom. The maximum absolute atomic E-state index is 12.8. The van der Waals surface area contributed by atoms with E-state index in [-0.39, 0.29) is 23.7 Å². The van der Waals surface area contributed by atoms with Crippen LogP contribution in [0, 0.1) is 11.8 Å². The molecule has 0 aromatic carbocycles. The lowest BCUT2D eigenvalue weighted by molar-refractivity contribution is -0.130. The van der Waals surface area contributed by atoms with Crippen LogP contribution in [-0.2, 0) is 22.7 Å². The molecule has 2 aromatic heterocycles. The Bertz CT molecular complexity index is 857. The van der Waals surface area contributed by atoms with E-state index in [4.69, 9.17) is 0 Å². The normalized spacial score (nSPS) is 18.0. The number of pyridine rings is 2. The minimum Gasteiger partial charge on any atom is -0.362 e. The Morgan fingerprint density at radius 3 is 1.69 bits per heavy atom. The van der Waals surface area contributed by atoms with Crippen LogP contribution in [0.5, 0.6) is 0 Å². The summed E-state index contributed by atoms with van der Waals surface area (Å²) in [4.78, 5) is 38.3. The highest BCUT2D eigenvalue weighted by Crippen LogP contribution is 2.30. The first kappa shape index (κ1) is 23.5. The van der Waals surface area contributed by atoms with Crippen molar-refractivity contribution in [3.63, 3.8) is 0 Å². The van der Waals surface area contributed by atoms with E-state index in [1.54, 1.807) is 12.4 Å². The Kier molecular flexibility index (Phi) is 8.03. The van der Waals surface area contributed by atoms with E-state index in [1.165, 1.54) is 0 Å². The SMILES string of the molecule is CN(C)c1ncccc1CNC(=O)C1CCCC(C(=O)NCc2cccnc2N(C)C)C1. The number of nitrogens with one attached hydrogen (secondary N) is 2. The van der Waals surface area contributed by atoms with Crippen molar-refractivity contribution in [1.29, 1.82) is 0 Å². The van der Waals surface area contributed by atoms with Gasteiger partial charge in [0.1, 0.15) is 11.6 Å². The number of rotatable bonds is 8. The zero-order chi connectivity index (χ0) is 23.1. The van der Waals surface area contributed by atoms with E-state index in [0.717, 1.165) is 42.0 Å². The number of amides is 2. The third kappa shape index (κ3) is 5.96. The topological polar surface area (TPSA) is 90.5 Å². The third-order valence-corrected chi connectivity index (χ3v) is 5.90. The number of aromatic nitrogens is 2. The monoisotopic (exact) mass is 438 g/mol. The van der Waals surface area contributed by atoms with Crippen LogP contribution in [0.25, 0.3) is 0 Å². The lowest BCUT2D eigenvalue weighted by Crippen LogP contribution is -2.38. The lowest BCUT2D eigenvalue weighted by Gasteiger charge is -2.28. The van der Waals surface area contributed by atoms with Crippen molar-refractivity contribution in [2.45, 2.75) is 38.8 Å². The van der Waals surface area contributed by atoms with E-state index in [1.807, 2.05) is 62.3 Å². The Labute approximate surface area is 190 Å². The highest BCUT2D eigenvalue weighted by Gasteiger charge is 2.31. The molecule has 2 amide bonds. The fourth-order valence-corrected chi connectivity index (χ4v) is 4.26. The molecule has 0 radical (unpaired) electrons. The van der Waals surface area contributed by atoms with Gasteiger partial charge in [0, 0.05) is 76.6 Å². The molecular formula is C24H34N6O2. The molecule has 172 valence electrons. The smallest absolute Gasteiger partial charge is 0.223 e. The molecule has 2 heterocycles. The van der Waals surface area contributed by atoms with E-state index in [2.05, 4.69) is 20.6 Å². The summed E-state index contributed by atoms with van der Waals surface area (Å²) in [6.45, 7) is 0.865. The number of carbonyl (C=O) groups excluding carboxylic acids is 2. The van der Waals surface area contributed by atoms with E-state index < -0.39 is 0 Å². The van der Waals surface area contributed by atoms with Crippen LogP contribution in [0.2, 0.25) is 0 Å². The van der Waals surface area contributed by atoms with Crippen LogP contribution < -0.4 is 20.4 Å². The number of nitrogens with zero attached hydrogens (tertiary/aromatic N) is 4. The average molecular weight is 439 g/mol. The summed E-state index contributed by atoms with van der Waals surface area (Å²) in [5.41, 5.74) is 1.95. The molecule has 2 atom stereocenters. The Hall–Kier alpha value is -3.16. The van der Waals surface area contributed by atoms with Gasteiger partial charge in [-0.15, -0.1) is 0 Å². The zero-order valence-electron chi connectivity index (χ0n) is 19.5. The predicted molar refractivity (Wildman–Crippen MR) is 126 cm³/mol. The molecule has 8 nitrogen and oxygen atoms in total. The van der Waals surface area contributed by atoms with Gasteiger partial charge in [0.25, 0.3) is 0 Å². The van der Waals surface area contributed by atoms with E-state index in [9.17, 15) is 9.59 Å². The molecule has 2 N–H and O–H groups in total. The van der Waals surface area contributed by atoms with Crippen LogP contribution in [0.1, 0.15) is 36.8 Å². The van der Waals surface area contributed by atoms with Crippen LogP contribution >= 0.6 is 0 Å². The van der Waals surface area contributed by atoms with Crippen molar-refractivity contribution in [3.05, 3.63) is 47.8 Å². The molecule has 1 aliphatic carbocycles. The molecule has 1 fully saturated rings. The minimum absolute atomic E-state index is 0.0122. The maximum atomic E-state index is 12.8. The first-order valence-electron chi connectivity index (χ1n) is 11.1. The predicted octanol–water partition coefficient (Wildman–Crippen LogP) is 2.35. The maximum Gasteiger partial charge on any atom is 0.223 e. The van der Waals surface area contributed by atoms with Gasteiger partial charge in [-0.1, -0.05) is 18.6 Å². The van der Waals surface area contributed by atoms with Crippen molar-refractivity contribution >= 4 is 23.5 Å². The van der Waals surface area contributed by atoms with Gasteiger partial charge in [-0.2, -0.15) is 0 Å². The number of carbonyl (C=O) groups is 2.